The van der Waals surface area contributed by atoms with Crippen LogP contribution in [0.15, 0.2) is 41.4 Å². The monoisotopic (exact) mass is 437 g/mol. The highest BCUT2D eigenvalue weighted by Gasteiger charge is 2.16. The van der Waals surface area contributed by atoms with Gasteiger partial charge in [-0.25, -0.2) is 4.39 Å². The number of nitro benzene ring substituents is 1. The van der Waals surface area contributed by atoms with Gasteiger partial charge in [0.05, 0.1) is 32.3 Å². The maximum atomic E-state index is 13.2. The number of carbonyl (C=O) groups is 2. The lowest BCUT2D eigenvalue weighted by molar-refractivity contribution is -0.384. The summed E-state index contributed by atoms with van der Waals surface area (Å²) in [4.78, 5) is 39.2. The van der Waals surface area contributed by atoms with Crippen molar-refractivity contribution in [3.05, 3.63) is 67.7 Å². The summed E-state index contributed by atoms with van der Waals surface area (Å²) in [5.74, 6) is -1.90. The molecule has 0 bridgehead atoms. The van der Waals surface area contributed by atoms with Crippen LogP contribution in [0.2, 0.25) is 5.02 Å². The molecule has 1 aromatic heterocycles. The van der Waals surface area contributed by atoms with Crippen LogP contribution in [0.3, 0.4) is 0 Å². The third-order valence-electron chi connectivity index (χ3n) is 3.83. The summed E-state index contributed by atoms with van der Waals surface area (Å²) in [6, 6.07) is 7.37. The number of ether oxygens (including phenoxy) is 1. The van der Waals surface area contributed by atoms with E-state index in [1.165, 1.54) is 28.8 Å². The van der Waals surface area contributed by atoms with Crippen LogP contribution in [0.25, 0.3) is 10.2 Å². The number of aromatic nitrogens is 1. The number of rotatable bonds is 5. The second-order valence-corrected chi connectivity index (χ2v) is 7.14. The molecule has 150 valence electrons. The Hall–Kier alpha value is -3.11. The van der Waals surface area contributed by atoms with Crippen molar-refractivity contribution < 1.29 is 23.6 Å². The third-order valence-corrected chi connectivity index (χ3v) is 5.18. The van der Waals surface area contributed by atoms with E-state index < -0.39 is 22.6 Å². The predicted octanol–water partition coefficient (Wildman–Crippen LogP) is 3.71. The molecular weight excluding hydrogens is 425 g/mol. The molecule has 0 aliphatic rings. The summed E-state index contributed by atoms with van der Waals surface area (Å²) < 4.78 is 20.1. The van der Waals surface area contributed by atoms with Gasteiger partial charge in [0.1, 0.15) is 12.4 Å². The number of hydrogen-bond acceptors (Lipinski definition) is 6. The zero-order valence-corrected chi connectivity index (χ0v) is 16.5. The van der Waals surface area contributed by atoms with Gasteiger partial charge in [-0.15, -0.1) is 0 Å². The minimum atomic E-state index is -0.742. The van der Waals surface area contributed by atoms with Gasteiger partial charge in [0.2, 0.25) is 0 Å². The highest BCUT2D eigenvalue weighted by atomic mass is 35.5. The van der Waals surface area contributed by atoms with E-state index in [1.54, 1.807) is 6.92 Å². The molecule has 3 aromatic rings. The summed E-state index contributed by atoms with van der Waals surface area (Å²) in [5.41, 5.74) is 0.325. The Kier molecular flexibility index (Phi) is 6.04. The number of amides is 1. The van der Waals surface area contributed by atoms with Crippen molar-refractivity contribution in [2.24, 2.45) is 4.99 Å². The van der Waals surface area contributed by atoms with Crippen LogP contribution in [0.4, 0.5) is 10.1 Å². The van der Waals surface area contributed by atoms with Crippen molar-refractivity contribution in [1.29, 1.82) is 0 Å². The van der Waals surface area contributed by atoms with Gasteiger partial charge in [0.15, 0.2) is 4.80 Å². The molecule has 0 saturated carbocycles. The average Bonchev–Trinajstić information content (AvgIpc) is 2.98. The van der Waals surface area contributed by atoms with E-state index in [9.17, 15) is 24.1 Å². The first-order chi connectivity index (χ1) is 13.8. The Bertz CT molecular complexity index is 1200. The highest BCUT2D eigenvalue weighted by molar-refractivity contribution is 7.16. The number of nitrogens with zero attached hydrogens (tertiary/aromatic N) is 3. The van der Waals surface area contributed by atoms with Crippen molar-refractivity contribution in [2.75, 3.05) is 6.61 Å². The van der Waals surface area contributed by atoms with E-state index in [2.05, 4.69) is 4.99 Å². The first-order valence-electron chi connectivity index (χ1n) is 8.27. The summed E-state index contributed by atoms with van der Waals surface area (Å²) in [6.45, 7) is 1.58. The standard InChI is InChI=1S/C18H13ClFN3O5S/c1-2-28-16(24)9-22-14-6-4-11(23(26)27)8-15(14)29-18(22)21-17(25)12-5-3-10(20)7-13(12)19/h3-8H,2,9H2,1H3. The van der Waals surface area contributed by atoms with Gasteiger partial charge in [-0.3, -0.25) is 19.7 Å². The molecule has 0 atom stereocenters. The number of non-ortho nitro benzene ring substituents is 1. The average molecular weight is 438 g/mol. The molecule has 1 amide bonds. The molecule has 0 N–H and O–H groups in total. The summed E-state index contributed by atoms with van der Waals surface area (Å²) in [6.07, 6.45) is 0. The van der Waals surface area contributed by atoms with E-state index in [4.69, 9.17) is 16.3 Å². The fraction of sp³-hybridized carbons (Fsp3) is 0.167. The van der Waals surface area contributed by atoms with Crippen LogP contribution in [0, 0.1) is 15.9 Å². The van der Waals surface area contributed by atoms with Crippen LogP contribution in [-0.4, -0.2) is 28.0 Å². The molecule has 0 unspecified atom stereocenters. The summed E-state index contributed by atoms with van der Waals surface area (Å²) in [7, 11) is 0. The molecule has 0 saturated heterocycles. The Morgan fingerprint density at radius 2 is 2.07 bits per heavy atom. The maximum absolute atomic E-state index is 13.2. The number of carbonyl (C=O) groups excluding carboxylic acids is 2. The van der Waals surface area contributed by atoms with Gasteiger partial charge in [-0.1, -0.05) is 22.9 Å². The molecule has 11 heteroatoms. The summed E-state index contributed by atoms with van der Waals surface area (Å²) in [5, 5.41) is 10.9. The molecule has 3 rings (SSSR count). The quantitative estimate of drug-likeness (QED) is 0.344. The first-order valence-corrected chi connectivity index (χ1v) is 9.47. The van der Waals surface area contributed by atoms with Crippen LogP contribution in [0.1, 0.15) is 17.3 Å². The molecular formula is C18H13ClFN3O5S. The minimum absolute atomic E-state index is 0.0146. The first kappa shape index (κ1) is 20.6. The number of nitro groups is 1. The number of thiazole rings is 1. The second-order valence-electron chi connectivity index (χ2n) is 5.73. The lowest BCUT2D eigenvalue weighted by Crippen LogP contribution is -2.23. The second kappa shape index (κ2) is 8.50. The molecule has 0 spiro atoms. The van der Waals surface area contributed by atoms with Crippen LogP contribution >= 0.6 is 22.9 Å². The van der Waals surface area contributed by atoms with Crippen molar-refractivity contribution in [1.82, 2.24) is 4.57 Å². The largest absolute Gasteiger partial charge is 0.465 e. The highest BCUT2D eigenvalue weighted by Crippen LogP contribution is 2.24. The fourth-order valence-electron chi connectivity index (χ4n) is 2.56. The molecule has 29 heavy (non-hydrogen) atoms. The SMILES string of the molecule is CCOC(=O)Cn1c(=NC(=O)c2ccc(F)cc2Cl)sc2cc([N+](=O)[O-])ccc21. The Labute approximate surface area is 172 Å². The topological polar surface area (TPSA) is 104 Å². The summed E-state index contributed by atoms with van der Waals surface area (Å²) >= 11 is 6.91. The van der Waals surface area contributed by atoms with Gasteiger partial charge >= 0.3 is 5.97 Å². The van der Waals surface area contributed by atoms with Gasteiger partial charge in [0, 0.05) is 12.1 Å². The van der Waals surface area contributed by atoms with Crippen LogP contribution in [0.5, 0.6) is 0 Å². The van der Waals surface area contributed by atoms with Gasteiger partial charge < -0.3 is 9.30 Å². The van der Waals surface area contributed by atoms with Crippen molar-refractivity contribution in [3.63, 3.8) is 0 Å². The number of fused-ring (bicyclic) bond motifs is 1. The van der Waals surface area contributed by atoms with Crippen LogP contribution < -0.4 is 4.80 Å². The van der Waals surface area contributed by atoms with Gasteiger partial charge in [-0.05, 0) is 31.2 Å². The number of benzene rings is 2. The molecule has 0 fully saturated rings. The molecule has 0 radical (unpaired) electrons. The van der Waals surface area contributed by atoms with E-state index in [1.807, 2.05) is 0 Å². The van der Waals surface area contributed by atoms with Crippen molar-refractivity contribution in [2.45, 2.75) is 13.5 Å². The Morgan fingerprint density at radius 1 is 1.31 bits per heavy atom. The number of halogens is 2. The fourth-order valence-corrected chi connectivity index (χ4v) is 3.87. The smallest absolute Gasteiger partial charge is 0.326 e. The van der Waals surface area contributed by atoms with Gasteiger partial charge in [0.25, 0.3) is 11.6 Å². The molecule has 8 nitrogen and oxygen atoms in total. The van der Waals surface area contributed by atoms with Crippen LogP contribution in [-0.2, 0) is 16.1 Å². The van der Waals surface area contributed by atoms with E-state index in [0.717, 1.165) is 23.5 Å². The number of esters is 1. The molecule has 0 aliphatic heterocycles. The van der Waals surface area contributed by atoms with Gasteiger partial charge in [-0.2, -0.15) is 4.99 Å². The lowest BCUT2D eigenvalue weighted by Gasteiger charge is -2.05. The Morgan fingerprint density at radius 3 is 2.72 bits per heavy atom. The lowest BCUT2D eigenvalue weighted by atomic mass is 10.2. The normalized spacial score (nSPS) is 11.6. The zero-order valence-electron chi connectivity index (χ0n) is 14.9. The molecule has 2 aromatic carbocycles. The van der Waals surface area contributed by atoms with E-state index in [0.29, 0.717) is 10.2 Å². The third kappa shape index (κ3) is 4.49. The predicted molar refractivity (Wildman–Crippen MR) is 104 cm³/mol. The molecule has 0 aliphatic carbocycles. The Balaban J connectivity index is 2.15. The zero-order chi connectivity index (χ0) is 21.1. The molecule has 1 heterocycles. The van der Waals surface area contributed by atoms with Crippen molar-refractivity contribution >= 4 is 50.7 Å². The van der Waals surface area contributed by atoms with Crippen molar-refractivity contribution in [3.8, 4) is 0 Å². The number of hydrogen-bond donors (Lipinski definition) is 0. The van der Waals surface area contributed by atoms with E-state index in [-0.39, 0.29) is 34.2 Å². The maximum Gasteiger partial charge on any atom is 0.326 e. The minimum Gasteiger partial charge on any atom is -0.465 e. The van der Waals surface area contributed by atoms with E-state index >= 15 is 0 Å².